The van der Waals surface area contributed by atoms with Crippen molar-refractivity contribution in [3.63, 3.8) is 0 Å². The Morgan fingerprint density at radius 3 is 2.34 bits per heavy atom. The molecule has 0 spiro atoms. The van der Waals surface area contributed by atoms with Crippen LogP contribution in [0.1, 0.15) is 58.5 Å². The van der Waals surface area contributed by atoms with Gasteiger partial charge < -0.3 is 24.6 Å². The van der Waals surface area contributed by atoms with Gasteiger partial charge in [-0.2, -0.15) is 5.10 Å². The zero-order valence-corrected chi connectivity index (χ0v) is 38.6. The van der Waals surface area contributed by atoms with E-state index in [4.69, 9.17) is 11.6 Å². The molecule has 15 nitrogen and oxygen atoms in total. The Hall–Kier alpha value is -6.66. The van der Waals surface area contributed by atoms with Crippen LogP contribution in [0.2, 0.25) is 5.02 Å². The Kier molecular flexibility index (Phi) is 13.3. The van der Waals surface area contributed by atoms with E-state index < -0.39 is 29.4 Å². The summed E-state index contributed by atoms with van der Waals surface area (Å²) in [5.74, 6) is -3.54. The van der Waals surface area contributed by atoms with Gasteiger partial charge >= 0.3 is 6.03 Å². The summed E-state index contributed by atoms with van der Waals surface area (Å²) in [6, 6.07) is 12.0. The minimum atomic E-state index is -1.09. The van der Waals surface area contributed by atoms with Crippen LogP contribution >= 0.6 is 11.6 Å². The normalized spacial score (nSPS) is 17.5. The number of hydrogen-bond donors (Lipinski definition) is 2. The number of aryl methyl sites for hydroxylation is 1. The van der Waals surface area contributed by atoms with Gasteiger partial charge in [0.05, 0.1) is 21.9 Å². The highest BCUT2D eigenvalue weighted by Gasteiger charge is 2.32. The van der Waals surface area contributed by atoms with Crippen molar-refractivity contribution in [1.82, 2.24) is 39.7 Å². The smallest absolute Gasteiger partial charge is 0.328 e. The largest absolute Gasteiger partial charge is 0.369 e. The Morgan fingerprint density at radius 1 is 0.838 bits per heavy atom. The van der Waals surface area contributed by atoms with Crippen LogP contribution in [-0.2, 0) is 16.1 Å². The lowest BCUT2D eigenvalue weighted by molar-refractivity contribution is -0.131. The molecule has 19 heteroatoms. The predicted octanol–water partition coefficient (Wildman–Crippen LogP) is 6.63. The van der Waals surface area contributed by atoms with E-state index in [2.05, 4.69) is 20.3 Å². The third-order valence-electron chi connectivity index (χ3n) is 13.5. The molecule has 0 bridgehead atoms. The number of carbonyl (C=O) groups is 5. The summed E-state index contributed by atoms with van der Waals surface area (Å²) in [6.45, 7) is 5.26. The molecule has 4 aliphatic rings. The molecule has 68 heavy (non-hydrogen) atoms. The molecule has 0 atom stereocenters. The van der Waals surface area contributed by atoms with Crippen molar-refractivity contribution >= 4 is 69.1 Å². The molecule has 3 aromatic carbocycles. The SMILES string of the molecule is CN(C)C(=O)c1cc2c(-c3ccc(N4CCC(CN5CCN(C(=O)c6ccc(Cl)c(N7CCC(=O)NC7=O)c6)CC5)CC4)c(F)c3F)cc(C3=CCCN(C(=O)CCn4cccn4)C3)c(F)c2[nH]1. The molecule has 2 N–H and O–H groups in total. The fourth-order valence-electron chi connectivity index (χ4n) is 9.70. The predicted molar refractivity (Wildman–Crippen MR) is 252 cm³/mol. The average Bonchev–Trinajstić information content (AvgIpc) is 4.04. The van der Waals surface area contributed by atoms with Gasteiger partial charge in [-0.1, -0.05) is 17.7 Å². The molecule has 356 valence electrons. The summed E-state index contributed by atoms with van der Waals surface area (Å²) < 4.78 is 51.3. The van der Waals surface area contributed by atoms with Gasteiger partial charge in [0.25, 0.3) is 11.8 Å². The van der Waals surface area contributed by atoms with E-state index in [1.165, 1.54) is 28.0 Å². The maximum Gasteiger partial charge on any atom is 0.328 e. The number of carbonyl (C=O) groups excluding carboxylic acids is 5. The third-order valence-corrected chi connectivity index (χ3v) is 13.8. The minimum absolute atomic E-state index is 0.0229. The van der Waals surface area contributed by atoms with Crippen LogP contribution in [-0.4, -0.2) is 144 Å². The minimum Gasteiger partial charge on any atom is -0.369 e. The number of H-pyrrole nitrogens is 1. The fourth-order valence-corrected chi connectivity index (χ4v) is 9.92. The quantitative estimate of drug-likeness (QED) is 0.150. The lowest BCUT2D eigenvalue weighted by Gasteiger charge is -2.39. The van der Waals surface area contributed by atoms with Crippen LogP contribution in [0, 0.1) is 23.4 Å². The van der Waals surface area contributed by atoms with Crippen molar-refractivity contribution in [3.05, 3.63) is 106 Å². The number of nitrogens with zero attached hydrogens (tertiary/aromatic N) is 8. The standard InChI is InChI=1S/C49H52ClF3N10O5/c1-57(2)48(67)38-27-36-35(26-34(44(52)46(36)55-38)32-5-3-15-61(29-32)42(65)13-19-62-16-4-14-54-62)33-7-9-39(45(53)43(33)51)59-17-10-30(11-18-59)28-58-21-23-60(24-22-58)47(66)31-6-8-37(50)40(25-31)63-20-12-41(64)56-49(63)68/h4-9,14,16,25-27,30,55H,3,10-13,15,17-24,28-29H2,1-2H3,(H,56,64,68). The molecule has 4 aliphatic heterocycles. The number of amides is 6. The molecule has 0 aliphatic carbocycles. The van der Waals surface area contributed by atoms with Gasteiger partial charge in [0.1, 0.15) is 5.69 Å². The number of fused-ring (bicyclic) bond motifs is 1. The number of imide groups is 1. The number of nitrogens with one attached hydrogen (secondary N) is 2. The zero-order chi connectivity index (χ0) is 47.8. The average molecular weight is 953 g/mol. The van der Waals surface area contributed by atoms with Crippen molar-refractivity contribution in [1.29, 1.82) is 0 Å². The van der Waals surface area contributed by atoms with Gasteiger partial charge in [-0.15, -0.1) is 0 Å². The van der Waals surface area contributed by atoms with Crippen LogP contribution in [0.5, 0.6) is 0 Å². The van der Waals surface area contributed by atoms with Crippen LogP contribution < -0.4 is 15.1 Å². The van der Waals surface area contributed by atoms with E-state index in [9.17, 15) is 24.0 Å². The zero-order valence-electron chi connectivity index (χ0n) is 37.9. The second-order valence-corrected chi connectivity index (χ2v) is 18.4. The molecule has 9 rings (SSSR count). The van der Waals surface area contributed by atoms with Crippen LogP contribution in [0.3, 0.4) is 0 Å². The first-order chi connectivity index (χ1) is 32.7. The van der Waals surface area contributed by atoms with E-state index in [1.54, 1.807) is 71.3 Å². The molecule has 6 amide bonds. The van der Waals surface area contributed by atoms with Crippen molar-refractivity contribution < 1.29 is 37.1 Å². The summed E-state index contributed by atoms with van der Waals surface area (Å²) in [4.78, 5) is 77.3. The molecule has 0 saturated carbocycles. The topological polar surface area (TPSA) is 150 Å². The lowest BCUT2D eigenvalue weighted by Crippen LogP contribution is -2.51. The lowest BCUT2D eigenvalue weighted by atomic mass is 9.92. The van der Waals surface area contributed by atoms with Gasteiger partial charge in [0.2, 0.25) is 11.8 Å². The number of anilines is 2. The van der Waals surface area contributed by atoms with E-state index >= 15 is 13.2 Å². The van der Waals surface area contributed by atoms with E-state index in [0.717, 1.165) is 19.4 Å². The van der Waals surface area contributed by atoms with Crippen molar-refractivity contribution in [2.24, 2.45) is 5.92 Å². The van der Waals surface area contributed by atoms with Crippen LogP contribution in [0.15, 0.2) is 67.0 Å². The van der Waals surface area contributed by atoms with Gasteiger partial charge in [0.15, 0.2) is 17.5 Å². The van der Waals surface area contributed by atoms with Gasteiger partial charge in [-0.05, 0) is 84.8 Å². The molecule has 5 aromatic rings. The van der Waals surface area contributed by atoms with Crippen molar-refractivity contribution in [3.8, 4) is 11.1 Å². The molecule has 0 radical (unpaired) electrons. The van der Waals surface area contributed by atoms with Crippen LogP contribution in [0.4, 0.5) is 29.3 Å². The van der Waals surface area contributed by atoms with Gasteiger partial charge in [-0.25, -0.2) is 18.0 Å². The van der Waals surface area contributed by atoms with Gasteiger partial charge in [-0.3, -0.25) is 39.0 Å². The molecule has 3 saturated heterocycles. The number of halogens is 4. The molecule has 3 fully saturated rings. The number of hydrogen-bond acceptors (Lipinski definition) is 8. The summed E-state index contributed by atoms with van der Waals surface area (Å²) >= 11 is 6.40. The molecular weight excluding hydrogens is 901 g/mol. The van der Waals surface area contributed by atoms with E-state index in [1.807, 2.05) is 11.0 Å². The van der Waals surface area contributed by atoms with E-state index in [0.29, 0.717) is 86.5 Å². The van der Waals surface area contributed by atoms with Crippen LogP contribution in [0.25, 0.3) is 27.6 Å². The van der Waals surface area contributed by atoms with E-state index in [-0.39, 0.29) is 82.6 Å². The summed E-state index contributed by atoms with van der Waals surface area (Å²) in [5.41, 5.74) is 1.74. The maximum atomic E-state index is 16.6. The highest BCUT2D eigenvalue weighted by Crippen LogP contribution is 2.40. The first-order valence-electron chi connectivity index (χ1n) is 22.9. The van der Waals surface area contributed by atoms with Gasteiger partial charge in [0, 0.05) is 133 Å². The number of benzene rings is 3. The second-order valence-electron chi connectivity index (χ2n) is 18.0. The number of urea groups is 1. The summed E-state index contributed by atoms with van der Waals surface area (Å²) in [5, 5.41) is 6.97. The monoisotopic (exact) mass is 952 g/mol. The first kappa shape index (κ1) is 46.5. The summed E-state index contributed by atoms with van der Waals surface area (Å²) in [6.07, 6.45) is 7.57. The highest BCUT2D eigenvalue weighted by atomic mass is 35.5. The maximum absolute atomic E-state index is 16.6. The fraction of sp³-hybridized carbons (Fsp3) is 0.388. The highest BCUT2D eigenvalue weighted by molar-refractivity contribution is 6.34. The van der Waals surface area contributed by atoms with Crippen molar-refractivity contribution in [2.75, 3.05) is 89.3 Å². The molecule has 2 aromatic heterocycles. The first-order valence-corrected chi connectivity index (χ1v) is 23.3. The second kappa shape index (κ2) is 19.5. The Morgan fingerprint density at radius 2 is 1.62 bits per heavy atom. The number of piperazine rings is 1. The number of aromatic amines is 1. The third kappa shape index (κ3) is 9.43. The Bertz CT molecular complexity index is 2820. The summed E-state index contributed by atoms with van der Waals surface area (Å²) in [7, 11) is 3.13. The number of piperidine rings is 1. The Labute approximate surface area is 396 Å². The molecule has 6 heterocycles. The number of aromatic nitrogens is 3. The molecule has 0 unspecified atom stereocenters. The molecular formula is C49H52ClF3N10O5. The van der Waals surface area contributed by atoms with Crippen molar-refractivity contribution in [2.45, 2.75) is 38.6 Å². The Balaban J connectivity index is 0.859. The number of rotatable bonds is 11.